The van der Waals surface area contributed by atoms with E-state index in [1.54, 1.807) is 43.5 Å². The van der Waals surface area contributed by atoms with Crippen LogP contribution in [0.3, 0.4) is 0 Å². The monoisotopic (exact) mass is 344 g/mol. The summed E-state index contributed by atoms with van der Waals surface area (Å²) in [5, 5.41) is 13.8. The molecule has 0 spiro atoms. The van der Waals surface area contributed by atoms with E-state index in [4.69, 9.17) is 14.2 Å². The van der Waals surface area contributed by atoms with Gasteiger partial charge in [-0.25, -0.2) is 5.43 Å². The molecule has 0 aliphatic carbocycles. The van der Waals surface area contributed by atoms with Crippen LogP contribution >= 0.6 is 0 Å². The maximum absolute atomic E-state index is 12.0. The minimum atomic E-state index is -0.300. The van der Waals surface area contributed by atoms with Crippen molar-refractivity contribution in [1.82, 2.24) is 5.43 Å². The number of hydrogen-bond acceptors (Lipinski definition) is 6. The molecule has 0 saturated carbocycles. The van der Waals surface area contributed by atoms with Gasteiger partial charge in [-0.05, 0) is 29.8 Å². The van der Waals surface area contributed by atoms with Gasteiger partial charge in [0.15, 0.2) is 23.0 Å². The van der Waals surface area contributed by atoms with Crippen LogP contribution in [-0.2, 0) is 11.2 Å². The topological polar surface area (TPSA) is 89.4 Å². The first-order valence-electron chi connectivity index (χ1n) is 7.47. The number of ether oxygens (including phenoxy) is 3. The van der Waals surface area contributed by atoms with Crippen molar-refractivity contribution in [3.63, 3.8) is 0 Å². The van der Waals surface area contributed by atoms with Crippen LogP contribution in [0.2, 0.25) is 0 Å². The number of carbonyl (C=O) groups excluding carboxylic acids is 1. The van der Waals surface area contributed by atoms with Crippen molar-refractivity contribution < 1.29 is 24.1 Å². The van der Waals surface area contributed by atoms with E-state index in [0.717, 1.165) is 5.56 Å². The Kier molecular flexibility index (Phi) is 6.22. The molecular formula is C18H20N2O5. The fourth-order valence-corrected chi connectivity index (χ4v) is 2.20. The van der Waals surface area contributed by atoms with Gasteiger partial charge in [-0.15, -0.1) is 0 Å². The third-order valence-corrected chi connectivity index (χ3v) is 3.46. The highest BCUT2D eigenvalue weighted by atomic mass is 16.5. The number of phenols is 1. The van der Waals surface area contributed by atoms with Crippen molar-refractivity contribution >= 4 is 12.1 Å². The zero-order chi connectivity index (χ0) is 18.2. The molecule has 0 bridgehead atoms. The minimum absolute atomic E-state index is 0.0390. The van der Waals surface area contributed by atoms with Crippen molar-refractivity contribution in [3.8, 4) is 23.0 Å². The second-order valence-electron chi connectivity index (χ2n) is 5.06. The first-order chi connectivity index (χ1) is 12.1. The zero-order valence-electron chi connectivity index (χ0n) is 14.3. The summed E-state index contributed by atoms with van der Waals surface area (Å²) in [7, 11) is 4.54. The van der Waals surface area contributed by atoms with Crippen molar-refractivity contribution in [2.24, 2.45) is 5.10 Å². The van der Waals surface area contributed by atoms with Crippen LogP contribution in [0.25, 0.3) is 0 Å². The second kappa shape index (κ2) is 8.58. The number of hydrazone groups is 1. The molecule has 2 aromatic carbocycles. The molecule has 0 fully saturated rings. The van der Waals surface area contributed by atoms with Gasteiger partial charge < -0.3 is 19.3 Å². The fourth-order valence-electron chi connectivity index (χ4n) is 2.20. The number of nitrogens with zero attached hydrogens (tertiary/aromatic N) is 1. The smallest absolute Gasteiger partial charge is 0.244 e. The third kappa shape index (κ3) is 4.63. The van der Waals surface area contributed by atoms with Crippen LogP contribution in [-0.4, -0.2) is 38.6 Å². The Morgan fingerprint density at radius 2 is 1.80 bits per heavy atom. The zero-order valence-corrected chi connectivity index (χ0v) is 14.3. The Bertz CT molecular complexity index is 774. The highest BCUT2D eigenvalue weighted by Gasteiger charge is 2.08. The Morgan fingerprint density at radius 3 is 2.48 bits per heavy atom. The number of hydrogen-bond donors (Lipinski definition) is 2. The molecule has 2 rings (SSSR count). The van der Waals surface area contributed by atoms with Gasteiger partial charge in [0.05, 0.1) is 34.0 Å². The molecule has 132 valence electrons. The third-order valence-electron chi connectivity index (χ3n) is 3.46. The molecule has 1 amide bonds. The van der Waals surface area contributed by atoms with Gasteiger partial charge in [0.25, 0.3) is 0 Å². The van der Waals surface area contributed by atoms with E-state index in [1.807, 2.05) is 0 Å². The minimum Gasteiger partial charge on any atom is -0.504 e. The number of aromatic hydroxyl groups is 1. The van der Waals surface area contributed by atoms with Gasteiger partial charge in [-0.1, -0.05) is 12.1 Å². The predicted molar refractivity (Wildman–Crippen MR) is 93.6 cm³/mol. The lowest BCUT2D eigenvalue weighted by Gasteiger charge is -2.09. The largest absolute Gasteiger partial charge is 0.504 e. The number of para-hydroxylation sites is 1. The van der Waals surface area contributed by atoms with Gasteiger partial charge in [0.2, 0.25) is 5.91 Å². The van der Waals surface area contributed by atoms with Crippen molar-refractivity contribution in [1.29, 1.82) is 0 Å². The van der Waals surface area contributed by atoms with Gasteiger partial charge in [0.1, 0.15) is 0 Å². The Morgan fingerprint density at radius 1 is 1.08 bits per heavy atom. The summed E-state index contributed by atoms with van der Waals surface area (Å²) in [5.41, 5.74) is 3.61. The van der Waals surface area contributed by atoms with E-state index in [1.165, 1.54) is 20.4 Å². The molecule has 0 aliphatic rings. The lowest BCUT2D eigenvalue weighted by molar-refractivity contribution is -0.120. The van der Waals surface area contributed by atoms with Crippen molar-refractivity contribution in [3.05, 3.63) is 47.5 Å². The molecule has 0 unspecified atom stereocenters. The Hall–Kier alpha value is -3.22. The van der Waals surface area contributed by atoms with Gasteiger partial charge in [-0.2, -0.15) is 5.10 Å². The first-order valence-corrected chi connectivity index (χ1v) is 7.47. The number of nitrogens with one attached hydrogen (secondary N) is 1. The summed E-state index contributed by atoms with van der Waals surface area (Å²) < 4.78 is 15.4. The van der Waals surface area contributed by atoms with Crippen molar-refractivity contribution in [2.45, 2.75) is 6.42 Å². The van der Waals surface area contributed by atoms with Gasteiger partial charge in [0, 0.05) is 5.56 Å². The molecule has 0 aromatic heterocycles. The van der Waals surface area contributed by atoms with Crippen molar-refractivity contribution in [2.75, 3.05) is 21.3 Å². The van der Waals surface area contributed by atoms with E-state index < -0.39 is 0 Å². The SMILES string of the molecule is COc1ccc(CC(=O)N/N=C\c2cccc(OC)c2O)cc1OC. The van der Waals surface area contributed by atoms with Gasteiger partial charge >= 0.3 is 0 Å². The lowest BCUT2D eigenvalue weighted by Crippen LogP contribution is -2.19. The van der Waals surface area contributed by atoms with Crippen LogP contribution in [0, 0.1) is 0 Å². The molecule has 0 radical (unpaired) electrons. The second-order valence-corrected chi connectivity index (χ2v) is 5.06. The van der Waals surface area contributed by atoms with Crippen LogP contribution in [0.5, 0.6) is 23.0 Å². The summed E-state index contributed by atoms with van der Waals surface area (Å²) in [4.78, 5) is 12.0. The molecule has 2 aromatic rings. The molecule has 25 heavy (non-hydrogen) atoms. The van der Waals surface area contributed by atoms with Crippen LogP contribution < -0.4 is 19.6 Å². The molecule has 0 saturated heterocycles. The Balaban J connectivity index is 1.99. The summed E-state index contributed by atoms with van der Waals surface area (Å²) in [6, 6.07) is 10.2. The molecule has 7 heteroatoms. The number of amides is 1. The van der Waals surface area contributed by atoms with E-state index >= 15 is 0 Å². The summed E-state index contributed by atoms with van der Waals surface area (Å²) in [6.07, 6.45) is 1.48. The van der Waals surface area contributed by atoms with E-state index in [2.05, 4.69) is 10.5 Å². The molecular weight excluding hydrogens is 324 g/mol. The van der Waals surface area contributed by atoms with Crippen LogP contribution in [0.15, 0.2) is 41.5 Å². The maximum atomic E-state index is 12.0. The molecule has 7 nitrogen and oxygen atoms in total. The summed E-state index contributed by atoms with van der Waals surface area (Å²) >= 11 is 0. The average Bonchev–Trinajstić information content (AvgIpc) is 2.63. The average molecular weight is 344 g/mol. The quantitative estimate of drug-likeness (QED) is 0.593. The number of benzene rings is 2. The molecule has 0 heterocycles. The predicted octanol–water partition coefficient (Wildman–Crippen LogP) is 2.11. The number of phenolic OH excluding ortho intramolecular Hbond substituents is 1. The van der Waals surface area contributed by atoms with Crippen LogP contribution in [0.1, 0.15) is 11.1 Å². The number of carbonyl (C=O) groups is 1. The normalized spacial score (nSPS) is 10.5. The van der Waals surface area contributed by atoms with Crippen LogP contribution in [0.4, 0.5) is 0 Å². The highest BCUT2D eigenvalue weighted by Crippen LogP contribution is 2.28. The summed E-state index contributed by atoms with van der Waals surface area (Å²) in [5.74, 6) is 1.14. The highest BCUT2D eigenvalue weighted by molar-refractivity contribution is 5.86. The molecule has 0 aliphatic heterocycles. The lowest BCUT2D eigenvalue weighted by atomic mass is 10.1. The Labute approximate surface area is 145 Å². The molecule has 2 N–H and O–H groups in total. The first kappa shape index (κ1) is 18.1. The fraction of sp³-hybridized carbons (Fsp3) is 0.222. The van der Waals surface area contributed by atoms with E-state index in [-0.39, 0.29) is 18.1 Å². The summed E-state index contributed by atoms with van der Waals surface area (Å²) in [6.45, 7) is 0. The number of rotatable bonds is 7. The standard InChI is InChI=1S/C18H20N2O5/c1-23-14-8-7-12(9-16(14)25-3)10-17(21)20-19-11-13-5-4-6-15(24-2)18(13)22/h4-9,11,22H,10H2,1-3H3,(H,20,21)/b19-11-. The molecule has 0 atom stereocenters. The van der Waals surface area contributed by atoms with E-state index in [0.29, 0.717) is 22.8 Å². The number of methoxy groups -OCH3 is 3. The van der Waals surface area contributed by atoms with Gasteiger partial charge in [-0.3, -0.25) is 4.79 Å². The van der Waals surface area contributed by atoms with E-state index in [9.17, 15) is 9.90 Å². The maximum Gasteiger partial charge on any atom is 0.244 e.